The first-order chi connectivity index (χ1) is 4.58. The summed E-state index contributed by atoms with van der Waals surface area (Å²) in [7, 11) is 0. The van der Waals surface area contributed by atoms with E-state index in [1.54, 1.807) is 6.92 Å². The van der Waals surface area contributed by atoms with E-state index >= 15 is 0 Å². The lowest BCUT2D eigenvalue weighted by molar-refractivity contribution is -0.0224. The average molecular weight is 140 g/mol. The third-order valence-electron chi connectivity index (χ3n) is 1.92. The van der Waals surface area contributed by atoms with Crippen LogP contribution in [0, 0.1) is 12.3 Å². The first-order valence-electron chi connectivity index (χ1n) is 3.42. The molecule has 1 fully saturated rings. The molecule has 1 saturated heterocycles. The lowest BCUT2D eigenvalue weighted by Crippen LogP contribution is -2.33. The van der Waals surface area contributed by atoms with Gasteiger partial charge in [0.05, 0.1) is 12.2 Å². The standard InChI is InChI=1S/C8H12O2/c1-4-8(3)7(9)5-6(2)10-8/h1,6-7,9H,5H2,2-3H3/t6?,7-,8-/m0/s1. The molecule has 0 radical (unpaired) electrons. The third-order valence-corrected chi connectivity index (χ3v) is 1.92. The van der Waals surface area contributed by atoms with Crippen molar-refractivity contribution in [1.82, 2.24) is 0 Å². The highest BCUT2D eigenvalue weighted by molar-refractivity contribution is 5.13. The average Bonchev–Trinajstić information content (AvgIpc) is 2.09. The van der Waals surface area contributed by atoms with Gasteiger partial charge in [-0.1, -0.05) is 5.92 Å². The maximum atomic E-state index is 9.35. The van der Waals surface area contributed by atoms with Crippen LogP contribution in [0.15, 0.2) is 0 Å². The second-order valence-electron chi connectivity index (χ2n) is 2.93. The molecule has 1 N–H and O–H groups in total. The van der Waals surface area contributed by atoms with Gasteiger partial charge in [0.25, 0.3) is 0 Å². The molecule has 2 nitrogen and oxygen atoms in total. The largest absolute Gasteiger partial charge is 0.389 e. The summed E-state index contributed by atoms with van der Waals surface area (Å²) < 4.78 is 5.32. The highest BCUT2D eigenvalue weighted by Crippen LogP contribution is 2.29. The van der Waals surface area contributed by atoms with Gasteiger partial charge < -0.3 is 9.84 Å². The zero-order valence-electron chi connectivity index (χ0n) is 6.29. The zero-order chi connectivity index (χ0) is 7.78. The smallest absolute Gasteiger partial charge is 0.151 e. The normalized spacial score (nSPS) is 47.0. The molecule has 2 heteroatoms. The minimum atomic E-state index is -0.751. The van der Waals surface area contributed by atoms with Crippen molar-refractivity contribution in [3.05, 3.63) is 0 Å². The summed E-state index contributed by atoms with van der Waals surface area (Å²) in [5.74, 6) is 2.45. The molecule has 3 atom stereocenters. The van der Waals surface area contributed by atoms with E-state index in [4.69, 9.17) is 11.2 Å². The molecule has 56 valence electrons. The van der Waals surface area contributed by atoms with Crippen molar-refractivity contribution in [2.45, 2.75) is 38.1 Å². The van der Waals surface area contributed by atoms with Crippen LogP contribution in [0.3, 0.4) is 0 Å². The van der Waals surface area contributed by atoms with Crippen molar-refractivity contribution >= 4 is 0 Å². The summed E-state index contributed by atoms with van der Waals surface area (Å²) in [6.45, 7) is 3.65. The molecule has 1 aliphatic heterocycles. The Morgan fingerprint density at radius 1 is 1.80 bits per heavy atom. The Balaban J connectivity index is 2.73. The molecule has 0 aromatic heterocycles. The van der Waals surface area contributed by atoms with Crippen LogP contribution in [0.4, 0.5) is 0 Å². The molecular formula is C8H12O2. The summed E-state index contributed by atoms with van der Waals surface area (Å²) in [5, 5.41) is 9.35. The molecule has 0 aliphatic carbocycles. The maximum Gasteiger partial charge on any atom is 0.151 e. The highest BCUT2D eigenvalue weighted by atomic mass is 16.5. The minimum Gasteiger partial charge on any atom is -0.389 e. The second-order valence-corrected chi connectivity index (χ2v) is 2.93. The number of aliphatic hydroxyl groups is 1. The van der Waals surface area contributed by atoms with Crippen molar-refractivity contribution in [1.29, 1.82) is 0 Å². The van der Waals surface area contributed by atoms with Gasteiger partial charge in [-0.25, -0.2) is 0 Å². The summed E-state index contributed by atoms with van der Waals surface area (Å²) in [5.41, 5.74) is -0.751. The van der Waals surface area contributed by atoms with Crippen LogP contribution in [0.25, 0.3) is 0 Å². The molecule has 10 heavy (non-hydrogen) atoms. The van der Waals surface area contributed by atoms with Gasteiger partial charge in [0, 0.05) is 6.42 Å². The minimum absolute atomic E-state index is 0.0797. The number of hydrogen-bond donors (Lipinski definition) is 1. The molecule has 0 bridgehead atoms. The Hall–Kier alpha value is -0.520. The van der Waals surface area contributed by atoms with E-state index in [9.17, 15) is 5.11 Å². The van der Waals surface area contributed by atoms with E-state index in [1.165, 1.54) is 0 Å². The van der Waals surface area contributed by atoms with Gasteiger partial charge in [0.1, 0.15) is 0 Å². The van der Waals surface area contributed by atoms with Gasteiger partial charge in [0.2, 0.25) is 0 Å². The van der Waals surface area contributed by atoms with Gasteiger partial charge in [-0.15, -0.1) is 6.42 Å². The molecule has 0 aromatic rings. The molecule has 0 saturated carbocycles. The first kappa shape index (κ1) is 7.59. The molecule has 0 aromatic carbocycles. The van der Waals surface area contributed by atoms with E-state index in [-0.39, 0.29) is 6.10 Å². The fourth-order valence-electron chi connectivity index (χ4n) is 1.21. The number of ether oxygens (including phenoxy) is 1. The van der Waals surface area contributed by atoms with Crippen LogP contribution in [0.1, 0.15) is 20.3 Å². The summed E-state index contributed by atoms with van der Waals surface area (Å²) >= 11 is 0. The highest BCUT2D eigenvalue weighted by Gasteiger charge is 2.40. The van der Waals surface area contributed by atoms with Gasteiger partial charge in [-0.3, -0.25) is 0 Å². The quantitative estimate of drug-likeness (QED) is 0.498. The second kappa shape index (κ2) is 2.26. The molecule has 0 amide bonds. The Kier molecular flexibility index (Phi) is 1.72. The number of terminal acetylenes is 1. The van der Waals surface area contributed by atoms with E-state index < -0.39 is 11.7 Å². The fourth-order valence-corrected chi connectivity index (χ4v) is 1.21. The van der Waals surface area contributed by atoms with E-state index in [2.05, 4.69) is 5.92 Å². The van der Waals surface area contributed by atoms with E-state index in [0.29, 0.717) is 6.42 Å². The summed E-state index contributed by atoms with van der Waals surface area (Å²) in [4.78, 5) is 0. The van der Waals surface area contributed by atoms with Crippen molar-refractivity contribution < 1.29 is 9.84 Å². The molecule has 1 unspecified atom stereocenters. The Morgan fingerprint density at radius 3 is 2.60 bits per heavy atom. The van der Waals surface area contributed by atoms with Crippen LogP contribution in [-0.4, -0.2) is 22.9 Å². The van der Waals surface area contributed by atoms with Crippen LogP contribution in [-0.2, 0) is 4.74 Å². The predicted octanol–water partition coefficient (Wildman–Crippen LogP) is 0.548. The lowest BCUT2D eigenvalue weighted by atomic mass is 10.0. The van der Waals surface area contributed by atoms with Gasteiger partial charge in [-0.2, -0.15) is 0 Å². The van der Waals surface area contributed by atoms with Crippen molar-refractivity contribution in [3.8, 4) is 12.3 Å². The topological polar surface area (TPSA) is 29.5 Å². The number of hydrogen-bond acceptors (Lipinski definition) is 2. The van der Waals surface area contributed by atoms with Crippen molar-refractivity contribution in [2.24, 2.45) is 0 Å². The molecule has 1 rings (SSSR count). The van der Waals surface area contributed by atoms with Crippen LogP contribution >= 0.6 is 0 Å². The van der Waals surface area contributed by atoms with Gasteiger partial charge >= 0.3 is 0 Å². The Bertz CT molecular complexity index is 171. The van der Waals surface area contributed by atoms with Crippen molar-refractivity contribution in [2.75, 3.05) is 0 Å². The fraction of sp³-hybridized carbons (Fsp3) is 0.750. The summed E-state index contributed by atoms with van der Waals surface area (Å²) in [6, 6.07) is 0. The maximum absolute atomic E-state index is 9.35. The number of rotatable bonds is 0. The summed E-state index contributed by atoms with van der Waals surface area (Å²) in [6.07, 6.45) is 5.40. The number of aliphatic hydroxyl groups excluding tert-OH is 1. The van der Waals surface area contributed by atoms with E-state index in [1.807, 2.05) is 6.92 Å². The Labute approximate surface area is 61.2 Å². The SMILES string of the molecule is C#C[C@]1(C)OC(C)C[C@@H]1O. The lowest BCUT2D eigenvalue weighted by Gasteiger charge is -2.19. The van der Waals surface area contributed by atoms with Gasteiger partial charge in [-0.05, 0) is 13.8 Å². The van der Waals surface area contributed by atoms with E-state index in [0.717, 1.165) is 0 Å². The van der Waals surface area contributed by atoms with Gasteiger partial charge in [0.15, 0.2) is 5.60 Å². The molecule has 0 spiro atoms. The van der Waals surface area contributed by atoms with Crippen LogP contribution in [0.5, 0.6) is 0 Å². The zero-order valence-corrected chi connectivity index (χ0v) is 6.29. The third kappa shape index (κ3) is 1.03. The monoisotopic (exact) mass is 140 g/mol. The molecular weight excluding hydrogens is 128 g/mol. The van der Waals surface area contributed by atoms with Crippen molar-refractivity contribution in [3.63, 3.8) is 0 Å². The molecule has 1 heterocycles. The Morgan fingerprint density at radius 2 is 2.40 bits per heavy atom. The van der Waals surface area contributed by atoms with Crippen LogP contribution in [0.2, 0.25) is 0 Å². The molecule has 1 aliphatic rings. The predicted molar refractivity (Wildman–Crippen MR) is 38.4 cm³/mol. The van der Waals surface area contributed by atoms with Crippen LogP contribution < -0.4 is 0 Å². The first-order valence-corrected chi connectivity index (χ1v) is 3.42.